The van der Waals surface area contributed by atoms with Crippen LogP contribution in [-0.4, -0.2) is 16.6 Å². The maximum absolute atomic E-state index is 13.8. The minimum atomic E-state index is -0.602. The predicted molar refractivity (Wildman–Crippen MR) is 69.0 cm³/mol. The summed E-state index contributed by atoms with van der Waals surface area (Å²) >= 11 is 3.31. The van der Waals surface area contributed by atoms with E-state index in [0.29, 0.717) is 22.4 Å². The van der Waals surface area contributed by atoms with Gasteiger partial charge in [0.25, 0.3) is 0 Å². The van der Waals surface area contributed by atoms with Crippen molar-refractivity contribution in [1.29, 1.82) is 0 Å². The SMILES string of the molecule is CNCc1nc(Br)c(-c2ccc(F)cc2F)n1C. The first-order valence-corrected chi connectivity index (χ1v) is 6.15. The smallest absolute Gasteiger partial charge is 0.135 e. The first-order valence-electron chi connectivity index (χ1n) is 5.35. The van der Waals surface area contributed by atoms with E-state index in [-0.39, 0.29) is 0 Å². The van der Waals surface area contributed by atoms with E-state index in [2.05, 4.69) is 26.2 Å². The molecule has 0 aliphatic heterocycles. The molecule has 0 spiro atoms. The normalized spacial score (nSPS) is 10.9. The van der Waals surface area contributed by atoms with Crippen LogP contribution < -0.4 is 5.32 Å². The van der Waals surface area contributed by atoms with Gasteiger partial charge in [0.2, 0.25) is 0 Å². The van der Waals surface area contributed by atoms with Gasteiger partial charge in [-0.25, -0.2) is 13.8 Å². The van der Waals surface area contributed by atoms with Crippen molar-refractivity contribution >= 4 is 15.9 Å². The van der Waals surface area contributed by atoms with Crippen molar-refractivity contribution in [3.8, 4) is 11.3 Å². The predicted octanol–water partition coefficient (Wildman–Crippen LogP) is 2.85. The molecule has 1 aromatic heterocycles. The number of rotatable bonds is 3. The lowest BCUT2D eigenvalue weighted by molar-refractivity contribution is 0.584. The van der Waals surface area contributed by atoms with Gasteiger partial charge in [-0.1, -0.05) is 0 Å². The van der Waals surface area contributed by atoms with Crippen LogP contribution in [0, 0.1) is 11.6 Å². The molecule has 18 heavy (non-hydrogen) atoms. The standard InChI is InChI=1S/C12H12BrF2N3/c1-16-6-10-17-12(13)11(18(10)2)8-4-3-7(14)5-9(8)15/h3-5,16H,6H2,1-2H3. The summed E-state index contributed by atoms with van der Waals surface area (Å²) in [5, 5.41) is 2.98. The second-order valence-electron chi connectivity index (χ2n) is 3.88. The molecule has 1 aromatic carbocycles. The lowest BCUT2D eigenvalue weighted by Crippen LogP contribution is -2.10. The van der Waals surface area contributed by atoms with Crippen molar-refractivity contribution in [2.75, 3.05) is 7.05 Å². The summed E-state index contributed by atoms with van der Waals surface area (Å²) < 4.78 is 29.0. The molecule has 2 aromatic rings. The van der Waals surface area contributed by atoms with E-state index >= 15 is 0 Å². The minimum Gasteiger partial charge on any atom is -0.329 e. The fraction of sp³-hybridized carbons (Fsp3) is 0.250. The third kappa shape index (κ3) is 2.30. The molecule has 0 atom stereocenters. The van der Waals surface area contributed by atoms with E-state index in [1.54, 1.807) is 18.7 Å². The van der Waals surface area contributed by atoms with Crippen LogP contribution in [0.5, 0.6) is 0 Å². The summed E-state index contributed by atoms with van der Waals surface area (Å²) in [6.45, 7) is 0.567. The van der Waals surface area contributed by atoms with Gasteiger partial charge in [-0.15, -0.1) is 0 Å². The van der Waals surface area contributed by atoms with Crippen molar-refractivity contribution in [2.24, 2.45) is 7.05 Å². The van der Waals surface area contributed by atoms with Gasteiger partial charge in [0, 0.05) is 18.7 Å². The highest BCUT2D eigenvalue weighted by atomic mass is 79.9. The first-order chi connectivity index (χ1) is 8.54. The number of imidazole rings is 1. The molecule has 6 heteroatoms. The van der Waals surface area contributed by atoms with E-state index in [1.165, 1.54) is 12.1 Å². The van der Waals surface area contributed by atoms with Gasteiger partial charge in [-0.05, 0) is 35.1 Å². The number of hydrogen-bond donors (Lipinski definition) is 1. The molecular formula is C12H12BrF2N3. The summed E-state index contributed by atoms with van der Waals surface area (Å²) in [6.07, 6.45) is 0. The van der Waals surface area contributed by atoms with Crippen LogP contribution in [0.15, 0.2) is 22.8 Å². The Morgan fingerprint density at radius 3 is 2.72 bits per heavy atom. The van der Waals surface area contributed by atoms with E-state index in [0.717, 1.165) is 11.9 Å². The van der Waals surface area contributed by atoms with E-state index in [1.807, 2.05) is 0 Å². The Balaban J connectivity index is 2.56. The average Bonchev–Trinajstić information content (AvgIpc) is 2.56. The highest BCUT2D eigenvalue weighted by molar-refractivity contribution is 9.10. The summed E-state index contributed by atoms with van der Waals surface area (Å²) in [5.41, 5.74) is 0.915. The van der Waals surface area contributed by atoms with Crippen molar-refractivity contribution in [3.05, 3.63) is 40.3 Å². The number of nitrogens with one attached hydrogen (secondary N) is 1. The zero-order valence-electron chi connectivity index (χ0n) is 9.97. The molecule has 0 bridgehead atoms. The van der Waals surface area contributed by atoms with Gasteiger partial charge in [0.15, 0.2) is 0 Å². The molecule has 96 valence electrons. The van der Waals surface area contributed by atoms with Crippen LogP contribution in [0.25, 0.3) is 11.3 Å². The van der Waals surface area contributed by atoms with Gasteiger partial charge < -0.3 is 9.88 Å². The van der Waals surface area contributed by atoms with Crippen LogP contribution in [0.1, 0.15) is 5.82 Å². The summed E-state index contributed by atoms with van der Waals surface area (Å²) in [6, 6.07) is 3.51. The van der Waals surface area contributed by atoms with Crippen LogP contribution in [-0.2, 0) is 13.6 Å². The van der Waals surface area contributed by atoms with Crippen LogP contribution >= 0.6 is 15.9 Å². The van der Waals surface area contributed by atoms with E-state index < -0.39 is 11.6 Å². The molecule has 0 saturated heterocycles. The molecular weight excluding hydrogens is 304 g/mol. The first kappa shape index (κ1) is 13.2. The number of benzene rings is 1. The van der Waals surface area contributed by atoms with Crippen molar-refractivity contribution < 1.29 is 8.78 Å². The number of halogens is 3. The topological polar surface area (TPSA) is 29.9 Å². The second kappa shape index (κ2) is 5.16. The highest BCUT2D eigenvalue weighted by Gasteiger charge is 2.17. The molecule has 1 heterocycles. The maximum atomic E-state index is 13.8. The van der Waals surface area contributed by atoms with E-state index in [9.17, 15) is 8.78 Å². The summed E-state index contributed by atoms with van der Waals surface area (Å²) in [5.74, 6) is -0.428. The molecule has 0 aliphatic carbocycles. The van der Waals surface area contributed by atoms with Crippen molar-refractivity contribution in [2.45, 2.75) is 6.54 Å². The van der Waals surface area contributed by atoms with Gasteiger partial charge >= 0.3 is 0 Å². The fourth-order valence-electron chi connectivity index (χ4n) is 1.80. The third-order valence-electron chi connectivity index (χ3n) is 2.67. The van der Waals surface area contributed by atoms with Crippen molar-refractivity contribution in [1.82, 2.24) is 14.9 Å². The molecule has 0 saturated carbocycles. The molecule has 0 amide bonds. The molecule has 0 radical (unpaired) electrons. The quantitative estimate of drug-likeness (QED) is 0.944. The molecule has 1 N–H and O–H groups in total. The van der Waals surface area contributed by atoms with Gasteiger partial charge in [-0.2, -0.15) is 0 Å². The molecule has 0 unspecified atom stereocenters. The number of nitrogens with zero attached hydrogens (tertiary/aromatic N) is 2. The Kier molecular flexibility index (Phi) is 3.77. The van der Waals surface area contributed by atoms with Gasteiger partial charge in [0.05, 0.1) is 12.2 Å². The monoisotopic (exact) mass is 315 g/mol. The van der Waals surface area contributed by atoms with Crippen LogP contribution in [0.2, 0.25) is 0 Å². The molecule has 2 rings (SSSR count). The lowest BCUT2D eigenvalue weighted by Gasteiger charge is -2.07. The minimum absolute atomic E-state index is 0.320. The summed E-state index contributed by atoms with van der Waals surface area (Å²) in [7, 11) is 3.60. The zero-order chi connectivity index (χ0) is 13.3. The maximum Gasteiger partial charge on any atom is 0.135 e. The van der Waals surface area contributed by atoms with Crippen LogP contribution in [0.4, 0.5) is 8.78 Å². The zero-order valence-corrected chi connectivity index (χ0v) is 11.6. The molecule has 0 fully saturated rings. The van der Waals surface area contributed by atoms with Crippen molar-refractivity contribution in [3.63, 3.8) is 0 Å². The molecule has 3 nitrogen and oxygen atoms in total. The highest BCUT2D eigenvalue weighted by Crippen LogP contribution is 2.30. The number of hydrogen-bond acceptors (Lipinski definition) is 2. The Morgan fingerprint density at radius 1 is 1.39 bits per heavy atom. The Hall–Kier alpha value is -1.27. The fourth-order valence-corrected chi connectivity index (χ4v) is 2.48. The second-order valence-corrected chi connectivity index (χ2v) is 4.63. The van der Waals surface area contributed by atoms with Gasteiger partial charge in [-0.3, -0.25) is 0 Å². The largest absolute Gasteiger partial charge is 0.329 e. The van der Waals surface area contributed by atoms with Gasteiger partial charge in [0.1, 0.15) is 22.1 Å². The Labute approximate surface area is 112 Å². The number of aromatic nitrogens is 2. The van der Waals surface area contributed by atoms with E-state index in [4.69, 9.17) is 0 Å². The Morgan fingerprint density at radius 2 is 2.11 bits per heavy atom. The van der Waals surface area contributed by atoms with Crippen LogP contribution in [0.3, 0.4) is 0 Å². The third-order valence-corrected chi connectivity index (χ3v) is 3.22. The summed E-state index contributed by atoms with van der Waals surface area (Å²) in [4.78, 5) is 4.30. The molecule has 0 aliphatic rings. The lowest BCUT2D eigenvalue weighted by atomic mass is 10.1. The Bertz CT molecular complexity index is 581. The average molecular weight is 316 g/mol.